The van der Waals surface area contributed by atoms with E-state index in [2.05, 4.69) is 43.6 Å². The standard InChI is InChI=1S/C25H32N4O2/c30-24-20(16-27-10-6-25(7-11-27)8-12-31-18-25)4-5-22-21-13-19(15-29(22)24)14-28(17-21)23-3-1-2-9-26-23/h1-5,9,19,21H,6-8,10-18H2/t19-,21+/m0/s1. The minimum atomic E-state index is 0.239. The molecular weight excluding hydrogens is 388 g/mol. The van der Waals surface area contributed by atoms with Crippen molar-refractivity contribution in [1.82, 2.24) is 14.5 Å². The highest BCUT2D eigenvalue weighted by atomic mass is 16.5. The van der Waals surface area contributed by atoms with E-state index in [0.717, 1.165) is 63.9 Å². The summed E-state index contributed by atoms with van der Waals surface area (Å²) in [5.41, 5.74) is 2.83. The molecule has 0 saturated carbocycles. The predicted octanol–water partition coefficient (Wildman–Crippen LogP) is 2.87. The Bertz CT molecular complexity index is 988. The van der Waals surface area contributed by atoms with Gasteiger partial charge in [0, 0.05) is 56.2 Å². The average Bonchev–Trinajstić information content (AvgIpc) is 3.26. The number of fused-ring (bicyclic) bond motifs is 4. The summed E-state index contributed by atoms with van der Waals surface area (Å²) in [5.74, 6) is 1.98. The van der Waals surface area contributed by atoms with E-state index in [9.17, 15) is 4.79 Å². The molecule has 164 valence electrons. The Morgan fingerprint density at radius 1 is 1.06 bits per heavy atom. The Labute approximate surface area is 183 Å². The van der Waals surface area contributed by atoms with Gasteiger partial charge in [-0.1, -0.05) is 12.1 Å². The summed E-state index contributed by atoms with van der Waals surface area (Å²) >= 11 is 0. The first-order valence-corrected chi connectivity index (χ1v) is 11.9. The van der Waals surface area contributed by atoms with Crippen molar-refractivity contribution < 1.29 is 4.74 Å². The molecule has 3 saturated heterocycles. The van der Waals surface area contributed by atoms with Crippen LogP contribution in [-0.2, 0) is 17.8 Å². The highest BCUT2D eigenvalue weighted by Gasteiger charge is 2.38. The van der Waals surface area contributed by atoms with Crippen LogP contribution < -0.4 is 10.5 Å². The van der Waals surface area contributed by atoms with Crippen LogP contribution in [0.25, 0.3) is 0 Å². The summed E-state index contributed by atoms with van der Waals surface area (Å²) in [5, 5.41) is 0. The van der Waals surface area contributed by atoms with E-state index in [1.807, 2.05) is 12.3 Å². The molecule has 1 spiro atoms. The molecule has 0 aliphatic carbocycles. The van der Waals surface area contributed by atoms with Crippen molar-refractivity contribution in [2.24, 2.45) is 11.3 Å². The highest BCUT2D eigenvalue weighted by Crippen LogP contribution is 2.39. The summed E-state index contributed by atoms with van der Waals surface area (Å²) in [6, 6.07) is 10.5. The van der Waals surface area contributed by atoms with Crippen LogP contribution in [0.15, 0.2) is 41.3 Å². The Morgan fingerprint density at radius 2 is 1.97 bits per heavy atom. The molecule has 2 bridgehead atoms. The second-order valence-electron chi connectivity index (χ2n) is 10.2. The van der Waals surface area contributed by atoms with Crippen molar-refractivity contribution in [2.75, 3.05) is 44.3 Å². The van der Waals surface area contributed by atoms with Crippen LogP contribution >= 0.6 is 0 Å². The second kappa shape index (κ2) is 7.75. The zero-order valence-corrected chi connectivity index (χ0v) is 18.2. The fraction of sp³-hybridized carbons (Fsp3) is 0.600. The van der Waals surface area contributed by atoms with Gasteiger partial charge in [-0.05, 0) is 68.3 Å². The van der Waals surface area contributed by atoms with E-state index < -0.39 is 0 Å². The minimum absolute atomic E-state index is 0.239. The molecule has 4 aliphatic heterocycles. The van der Waals surface area contributed by atoms with Crippen molar-refractivity contribution in [2.45, 2.75) is 44.7 Å². The van der Waals surface area contributed by atoms with Crippen LogP contribution in [0, 0.1) is 11.3 Å². The van der Waals surface area contributed by atoms with Crippen molar-refractivity contribution in [3.63, 3.8) is 0 Å². The molecule has 6 nitrogen and oxygen atoms in total. The van der Waals surface area contributed by atoms with Gasteiger partial charge in [0.05, 0.1) is 6.61 Å². The lowest BCUT2D eigenvalue weighted by molar-refractivity contribution is 0.0770. The molecule has 6 heteroatoms. The molecule has 0 N–H and O–H groups in total. The Kier molecular flexibility index (Phi) is 4.87. The molecule has 6 rings (SSSR count). The number of hydrogen-bond acceptors (Lipinski definition) is 5. The van der Waals surface area contributed by atoms with Gasteiger partial charge in [-0.25, -0.2) is 4.98 Å². The van der Waals surface area contributed by atoms with Gasteiger partial charge in [-0.15, -0.1) is 0 Å². The zero-order valence-electron chi connectivity index (χ0n) is 18.2. The zero-order chi connectivity index (χ0) is 20.8. The smallest absolute Gasteiger partial charge is 0.255 e. The third-order valence-electron chi connectivity index (χ3n) is 8.15. The first-order chi connectivity index (χ1) is 15.2. The minimum Gasteiger partial charge on any atom is -0.381 e. The van der Waals surface area contributed by atoms with Gasteiger partial charge >= 0.3 is 0 Å². The first kappa shape index (κ1) is 19.5. The maximum Gasteiger partial charge on any atom is 0.255 e. The molecule has 2 aromatic heterocycles. The summed E-state index contributed by atoms with van der Waals surface area (Å²) < 4.78 is 7.76. The number of pyridine rings is 2. The average molecular weight is 421 g/mol. The number of piperidine rings is 2. The van der Waals surface area contributed by atoms with Gasteiger partial charge in [0.2, 0.25) is 0 Å². The lowest BCUT2D eigenvalue weighted by Gasteiger charge is -2.43. The highest BCUT2D eigenvalue weighted by molar-refractivity contribution is 5.40. The van der Waals surface area contributed by atoms with Crippen LogP contribution in [0.3, 0.4) is 0 Å². The Balaban J connectivity index is 1.18. The predicted molar refractivity (Wildman–Crippen MR) is 120 cm³/mol. The molecule has 31 heavy (non-hydrogen) atoms. The van der Waals surface area contributed by atoms with Crippen molar-refractivity contribution >= 4 is 5.82 Å². The maximum absolute atomic E-state index is 13.4. The molecule has 0 amide bonds. The number of ether oxygens (including phenoxy) is 1. The van der Waals surface area contributed by atoms with Gasteiger partial charge in [-0.2, -0.15) is 0 Å². The van der Waals surface area contributed by atoms with E-state index in [1.165, 1.54) is 31.4 Å². The normalized spacial score (nSPS) is 27.4. The molecule has 2 aromatic rings. The number of likely N-dealkylation sites (tertiary alicyclic amines) is 1. The fourth-order valence-corrected chi connectivity index (χ4v) is 6.31. The summed E-state index contributed by atoms with van der Waals surface area (Å²) in [4.78, 5) is 22.8. The largest absolute Gasteiger partial charge is 0.381 e. The Morgan fingerprint density at radius 3 is 2.74 bits per heavy atom. The quantitative estimate of drug-likeness (QED) is 0.764. The van der Waals surface area contributed by atoms with Crippen molar-refractivity contribution in [3.05, 3.63) is 58.1 Å². The maximum atomic E-state index is 13.4. The SMILES string of the molecule is O=c1c(CN2CCC3(CCOC3)CC2)ccc2n1C[C@H]1C[C@@H]2CN(c2ccccn2)C1. The fourth-order valence-electron chi connectivity index (χ4n) is 6.31. The molecule has 0 radical (unpaired) electrons. The van der Waals surface area contributed by atoms with Crippen LogP contribution in [0.4, 0.5) is 5.82 Å². The first-order valence-electron chi connectivity index (χ1n) is 11.9. The van der Waals surface area contributed by atoms with E-state index in [4.69, 9.17) is 4.74 Å². The lowest BCUT2D eigenvalue weighted by atomic mass is 9.78. The van der Waals surface area contributed by atoms with Gasteiger partial charge in [0.1, 0.15) is 5.82 Å². The number of aromatic nitrogens is 2. The molecule has 0 unspecified atom stereocenters. The van der Waals surface area contributed by atoms with Crippen molar-refractivity contribution in [3.8, 4) is 0 Å². The molecule has 4 aliphatic rings. The number of hydrogen-bond donors (Lipinski definition) is 0. The molecule has 0 aromatic carbocycles. The summed E-state index contributed by atoms with van der Waals surface area (Å²) in [6.07, 6.45) is 6.66. The number of rotatable bonds is 3. The third-order valence-corrected chi connectivity index (χ3v) is 8.15. The van der Waals surface area contributed by atoms with Crippen LogP contribution in [0.1, 0.15) is 42.9 Å². The van der Waals surface area contributed by atoms with Crippen LogP contribution in [0.2, 0.25) is 0 Å². The molecular formula is C25H32N4O2. The molecule has 6 heterocycles. The lowest BCUT2D eigenvalue weighted by Crippen LogP contribution is -2.48. The number of nitrogens with zero attached hydrogens (tertiary/aromatic N) is 4. The van der Waals surface area contributed by atoms with E-state index in [0.29, 0.717) is 17.3 Å². The van der Waals surface area contributed by atoms with E-state index in [1.54, 1.807) is 0 Å². The third kappa shape index (κ3) is 3.60. The topological polar surface area (TPSA) is 50.6 Å². The van der Waals surface area contributed by atoms with Gasteiger partial charge < -0.3 is 14.2 Å². The summed E-state index contributed by atoms with van der Waals surface area (Å²) in [7, 11) is 0. The van der Waals surface area contributed by atoms with Gasteiger partial charge in [0.15, 0.2) is 0 Å². The molecule has 2 atom stereocenters. The van der Waals surface area contributed by atoms with E-state index >= 15 is 0 Å². The van der Waals surface area contributed by atoms with Gasteiger partial charge in [0.25, 0.3) is 5.56 Å². The van der Waals surface area contributed by atoms with Gasteiger partial charge in [-0.3, -0.25) is 9.69 Å². The molecule has 3 fully saturated rings. The van der Waals surface area contributed by atoms with Crippen LogP contribution in [0.5, 0.6) is 0 Å². The second-order valence-corrected chi connectivity index (χ2v) is 10.2. The monoisotopic (exact) mass is 420 g/mol. The summed E-state index contributed by atoms with van der Waals surface area (Å²) in [6.45, 7) is 7.56. The van der Waals surface area contributed by atoms with E-state index in [-0.39, 0.29) is 5.56 Å². The van der Waals surface area contributed by atoms with Crippen molar-refractivity contribution in [1.29, 1.82) is 0 Å². The number of anilines is 1. The van der Waals surface area contributed by atoms with Crippen LogP contribution in [-0.4, -0.2) is 53.8 Å². The Hall–Kier alpha value is -2.18.